The Balaban J connectivity index is 2.87. The fraction of sp³-hybridized carbons (Fsp3) is 0.545. The summed E-state index contributed by atoms with van der Waals surface area (Å²) in [5, 5.41) is 5.54. The Morgan fingerprint density at radius 2 is 2.00 bits per heavy atom. The molecule has 0 fully saturated rings. The topological polar surface area (TPSA) is 46.2 Å². The van der Waals surface area contributed by atoms with E-state index in [1.54, 1.807) is 7.11 Å². The van der Waals surface area contributed by atoms with Crippen LogP contribution in [0.15, 0.2) is 6.07 Å². The molecule has 1 unspecified atom stereocenters. The average molecular weight is 245 g/mol. The van der Waals surface area contributed by atoms with Crippen molar-refractivity contribution in [2.75, 3.05) is 30.9 Å². The molecule has 0 radical (unpaired) electrons. The summed E-state index contributed by atoms with van der Waals surface area (Å²) >= 11 is 0. The summed E-state index contributed by atoms with van der Waals surface area (Å²) in [5.41, 5.74) is 0. The van der Waals surface area contributed by atoms with Gasteiger partial charge in [-0.15, -0.1) is 0 Å². The van der Waals surface area contributed by atoms with Crippen molar-refractivity contribution in [2.24, 2.45) is 0 Å². The Morgan fingerprint density at radius 3 is 2.59 bits per heavy atom. The summed E-state index contributed by atoms with van der Waals surface area (Å²) in [6, 6.07) is 0.703. The molecule has 1 rings (SSSR count). The van der Waals surface area contributed by atoms with Crippen LogP contribution < -0.4 is 10.6 Å². The van der Waals surface area contributed by atoms with Crippen molar-refractivity contribution in [3.05, 3.63) is 17.7 Å². The van der Waals surface area contributed by atoms with Crippen molar-refractivity contribution < 1.29 is 13.5 Å². The zero-order valence-corrected chi connectivity index (χ0v) is 10.2. The Morgan fingerprint density at radius 1 is 1.35 bits per heavy atom. The summed E-state index contributed by atoms with van der Waals surface area (Å²) in [5.74, 6) is -1.35. The molecule has 0 aliphatic heterocycles. The maximum absolute atomic E-state index is 13.4. The number of nitrogens with one attached hydrogen (secondary N) is 2. The smallest absolute Gasteiger partial charge is 0.168 e. The van der Waals surface area contributed by atoms with E-state index in [4.69, 9.17) is 4.74 Å². The summed E-state index contributed by atoms with van der Waals surface area (Å²) in [6.45, 7) is 4.56. The van der Waals surface area contributed by atoms with E-state index in [0.29, 0.717) is 13.2 Å². The number of anilines is 2. The van der Waals surface area contributed by atoms with Crippen LogP contribution in [0.2, 0.25) is 0 Å². The third kappa shape index (κ3) is 3.81. The van der Waals surface area contributed by atoms with Crippen molar-refractivity contribution in [1.82, 2.24) is 4.98 Å². The van der Waals surface area contributed by atoms with Gasteiger partial charge in [0.1, 0.15) is 0 Å². The monoisotopic (exact) mass is 245 g/mol. The number of nitrogens with zero attached hydrogens (tertiary/aromatic N) is 1. The van der Waals surface area contributed by atoms with E-state index in [-0.39, 0.29) is 17.7 Å². The van der Waals surface area contributed by atoms with Crippen molar-refractivity contribution >= 4 is 11.6 Å². The lowest BCUT2D eigenvalue weighted by Crippen LogP contribution is -2.22. The van der Waals surface area contributed by atoms with Crippen LogP contribution in [-0.4, -0.2) is 31.3 Å². The van der Waals surface area contributed by atoms with Crippen LogP contribution in [0.3, 0.4) is 0 Å². The minimum absolute atomic E-state index is 0.0203. The molecule has 1 atom stereocenters. The van der Waals surface area contributed by atoms with Crippen LogP contribution in [0, 0.1) is 11.6 Å². The van der Waals surface area contributed by atoms with Gasteiger partial charge in [-0.1, -0.05) is 0 Å². The molecule has 1 aromatic rings. The normalized spacial score (nSPS) is 12.3. The van der Waals surface area contributed by atoms with E-state index < -0.39 is 11.6 Å². The van der Waals surface area contributed by atoms with Crippen LogP contribution in [0.5, 0.6) is 0 Å². The van der Waals surface area contributed by atoms with Gasteiger partial charge in [-0.2, -0.15) is 0 Å². The van der Waals surface area contributed by atoms with Gasteiger partial charge in [0.05, 0.1) is 6.61 Å². The zero-order chi connectivity index (χ0) is 12.8. The highest BCUT2D eigenvalue weighted by Gasteiger charge is 2.13. The molecule has 2 N–H and O–H groups in total. The third-order valence-electron chi connectivity index (χ3n) is 2.07. The number of hydrogen-bond acceptors (Lipinski definition) is 4. The SMILES string of the molecule is CCNc1nc(NC(C)COC)c(F)cc1F. The molecular weight excluding hydrogens is 228 g/mol. The zero-order valence-electron chi connectivity index (χ0n) is 10.2. The summed E-state index contributed by atoms with van der Waals surface area (Å²) < 4.78 is 31.6. The first-order valence-corrected chi connectivity index (χ1v) is 5.43. The van der Waals surface area contributed by atoms with E-state index >= 15 is 0 Å². The summed E-state index contributed by atoms with van der Waals surface area (Å²) in [6.07, 6.45) is 0. The van der Waals surface area contributed by atoms with Gasteiger partial charge in [-0.25, -0.2) is 13.8 Å². The summed E-state index contributed by atoms with van der Waals surface area (Å²) in [7, 11) is 1.55. The molecule has 0 saturated carbocycles. The number of halogens is 2. The van der Waals surface area contributed by atoms with Gasteiger partial charge < -0.3 is 15.4 Å². The van der Waals surface area contributed by atoms with Gasteiger partial charge in [0.25, 0.3) is 0 Å². The minimum Gasteiger partial charge on any atom is -0.383 e. The first-order valence-electron chi connectivity index (χ1n) is 5.43. The molecule has 0 bridgehead atoms. The second-order valence-corrected chi connectivity index (χ2v) is 3.68. The number of hydrogen-bond donors (Lipinski definition) is 2. The number of ether oxygens (including phenoxy) is 1. The van der Waals surface area contributed by atoms with Crippen molar-refractivity contribution in [3.63, 3.8) is 0 Å². The Bertz CT molecular complexity index is 374. The molecular formula is C11H17F2N3O. The molecule has 1 aromatic heterocycles. The fourth-order valence-electron chi connectivity index (χ4n) is 1.38. The number of aromatic nitrogens is 1. The molecule has 0 aliphatic carbocycles. The highest BCUT2D eigenvalue weighted by molar-refractivity contribution is 5.47. The highest BCUT2D eigenvalue weighted by Crippen LogP contribution is 2.19. The Kier molecular flexibility index (Phi) is 5.09. The lowest BCUT2D eigenvalue weighted by Gasteiger charge is -2.15. The molecule has 0 aliphatic rings. The molecule has 0 aromatic carbocycles. The third-order valence-corrected chi connectivity index (χ3v) is 2.07. The standard InChI is InChI=1S/C11H17F2N3O/c1-4-14-10-8(12)5-9(13)11(16-10)15-7(2)6-17-3/h5,7H,4,6H2,1-3H3,(H2,14,15,16). The molecule has 0 saturated heterocycles. The molecule has 17 heavy (non-hydrogen) atoms. The van der Waals surface area contributed by atoms with Crippen molar-refractivity contribution in [3.8, 4) is 0 Å². The largest absolute Gasteiger partial charge is 0.383 e. The highest BCUT2D eigenvalue weighted by atomic mass is 19.1. The van der Waals surface area contributed by atoms with E-state index in [9.17, 15) is 8.78 Å². The Hall–Kier alpha value is -1.43. The van der Waals surface area contributed by atoms with Gasteiger partial charge in [-0.05, 0) is 13.8 Å². The molecule has 0 spiro atoms. The van der Waals surface area contributed by atoms with Crippen molar-refractivity contribution in [2.45, 2.75) is 19.9 Å². The summed E-state index contributed by atoms with van der Waals surface area (Å²) in [4.78, 5) is 3.86. The lowest BCUT2D eigenvalue weighted by atomic mass is 10.3. The predicted octanol–water partition coefficient (Wildman–Crippen LogP) is 2.24. The van der Waals surface area contributed by atoms with Crippen LogP contribution in [0.4, 0.5) is 20.4 Å². The van der Waals surface area contributed by atoms with Crippen molar-refractivity contribution in [1.29, 1.82) is 0 Å². The minimum atomic E-state index is -0.716. The number of rotatable bonds is 6. The molecule has 1 heterocycles. The van der Waals surface area contributed by atoms with Crippen LogP contribution in [0.1, 0.15) is 13.8 Å². The second kappa shape index (κ2) is 6.34. The second-order valence-electron chi connectivity index (χ2n) is 3.68. The van der Waals surface area contributed by atoms with Gasteiger partial charge in [0.2, 0.25) is 0 Å². The van der Waals surface area contributed by atoms with E-state index in [0.717, 1.165) is 6.07 Å². The van der Waals surface area contributed by atoms with Crippen LogP contribution in [-0.2, 0) is 4.74 Å². The fourth-order valence-corrected chi connectivity index (χ4v) is 1.38. The van der Waals surface area contributed by atoms with Crippen LogP contribution in [0.25, 0.3) is 0 Å². The quantitative estimate of drug-likeness (QED) is 0.807. The van der Waals surface area contributed by atoms with Gasteiger partial charge in [-0.3, -0.25) is 0 Å². The maximum Gasteiger partial charge on any atom is 0.168 e. The first-order chi connectivity index (χ1) is 8.08. The van der Waals surface area contributed by atoms with E-state index in [1.807, 2.05) is 13.8 Å². The van der Waals surface area contributed by atoms with E-state index in [1.165, 1.54) is 0 Å². The number of pyridine rings is 1. The molecule has 96 valence electrons. The first kappa shape index (κ1) is 13.6. The maximum atomic E-state index is 13.4. The average Bonchev–Trinajstić information content (AvgIpc) is 2.25. The van der Waals surface area contributed by atoms with Gasteiger partial charge in [0, 0.05) is 25.8 Å². The molecule has 6 heteroatoms. The molecule has 0 amide bonds. The van der Waals surface area contributed by atoms with Gasteiger partial charge in [0.15, 0.2) is 23.3 Å². The number of methoxy groups -OCH3 is 1. The lowest BCUT2D eigenvalue weighted by molar-refractivity contribution is 0.190. The van der Waals surface area contributed by atoms with Crippen LogP contribution >= 0.6 is 0 Å². The predicted molar refractivity (Wildman–Crippen MR) is 63.3 cm³/mol. The molecule has 4 nitrogen and oxygen atoms in total. The van der Waals surface area contributed by atoms with Gasteiger partial charge >= 0.3 is 0 Å². The Labute approximate surface area is 99.4 Å². The van der Waals surface area contributed by atoms with E-state index in [2.05, 4.69) is 15.6 Å².